The highest BCUT2D eigenvalue weighted by Crippen LogP contribution is 2.29. The van der Waals surface area contributed by atoms with Crippen LogP contribution in [0.4, 0.5) is 5.69 Å². The zero-order chi connectivity index (χ0) is 14.2. The van der Waals surface area contributed by atoms with Crippen molar-refractivity contribution >= 4 is 21.6 Å². The number of benzene rings is 1. The van der Waals surface area contributed by atoms with Crippen LogP contribution in [0.15, 0.2) is 18.2 Å². The van der Waals surface area contributed by atoms with E-state index < -0.39 is 10.0 Å². The standard InChI is InChI=1S/C13H18N2O3S/c1-9-8-11(10(2)13(14)16)4-5-12(9)15-6-3-7-19(15,17)18/h4-5,8,10H,3,6-7H2,1-2H3,(H2,14,16). The number of primary amides is 1. The second-order valence-corrected chi connectivity index (χ2v) is 6.92. The molecule has 104 valence electrons. The molecule has 1 atom stereocenters. The van der Waals surface area contributed by atoms with Crippen LogP contribution in [0.5, 0.6) is 0 Å². The van der Waals surface area contributed by atoms with E-state index in [2.05, 4.69) is 0 Å². The van der Waals surface area contributed by atoms with Gasteiger partial charge in [-0.3, -0.25) is 9.10 Å². The lowest BCUT2D eigenvalue weighted by Crippen LogP contribution is -2.26. The molecule has 0 radical (unpaired) electrons. The average molecular weight is 282 g/mol. The van der Waals surface area contributed by atoms with Crippen molar-refractivity contribution in [2.45, 2.75) is 26.2 Å². The van der Waals surface area contributed by atoms with E-state index in [0.717, 1.165) is 11.1 Å². The third-order valence-corrected chi connectivity index (χ3v) is 5.37. The Balaban J connectivity index is 2.38. The molecule has 1 aromatic carbocycles. The lowest BCUT2D eigenvalue weighted by Gasteiger charge is -2.20. The monoisotopic (exact) mass is 282 g/mol. The van der Waals surface area contributed by atoms with Gasteiger partial charge in [0.1, 0.15) is 0 Å². The number of anilines is 1. The normalized spacial score (nSPS) is 19.4. The molecule has 1 amide bonds. The van der Waals surface area contributed by atoms with Crippen molar-refractivity contribution in [2.75, 3.05) is 16.6 Å². The number of nitrogens with zero attached hydrogens (tertiary/aromatic N) is 1. The molecule has 0 spiro atoms. The lowest BCUT2D eigenvalue weighted by atomic mass is 9.98. The Hall–Kier alpha value is -1.56. The highest BCUT2D eigenvalue weighted by molar-refractivity contribution is 7.93. The minimum Gasteiger partial charge on any atom is -0.369 e. The molecule has 0 saturated carbocycles. The predicted molar refractivity (Wildman–Crippen MR) is 74.5 cm³/mol. The summed E-state index contributed by atoms with van der Waals surface area (Å²) in [5, 5.41) is 0. The smallest absolute Gasteiger partial charge is 0.235 e. The van der Waals surface area contributed by atoms with E-state index in [1.807, 2.05) is 13.0 Å². The molecular formula is C13H18N2O3S. The molecule has 1 aromatic rings. The minimum absolute atomic E-state index is 0.200. The maximum atomic E-state index is 11.9. The summed E-state index contributed by atoms with van der Waals surface area (Å²) in [4.78, 5) is 11.2. The SMILES string of the molecule is Cc1cc(C(C)C(N)=O)ccc1N1CCCS1(=O)=O. The van der Waals surface area contributed by atoms with Crippen LogP contribution in [-0.4, -0.2) is 26.6 Å². The quantitative estimate of drug-likeness (QED) is 0.902. The van der Waals surface area contributed by atoms with Gasteiger partial charge in [0, 0.05) is 6.54 Å². The van der Waals surface area contributed by atoms with E-state index in [0.29, 0.717) is 18.7 Å². The summed E-state index contributed by atoms with van der Waals surface area (Å²) in [6.07, 6.45) is 0.654. The van der Waals surface area contributed by atoms with Gasteiger partial charge in [0.15, 0.2) is 0 Å². The Morgan fingerprint density at radius 2 is 2.11 bits per heavy atom. The summed E-state index contributed by atoms with van der Waals surface area (Å²) in [6, 6.07) is 5.36. The summed E-state index contributed by atoms with van der Waals surface area (Å²) in [6.45, 7) is 4.11. The third-order valence-electron chi connectivity index (χ3n) is 3.52. The summed E-state index contributed by atoms with van der Waals surface area (Å²) >= 11 is 0. The number of hydrogen-bond donors (Lipinski definition) is 1. The Bertz CT molecular complexity index is 610. The number of amides is 1. The molecule has 0 aliphatic carbocycles. The van der Waals surface area contributed by atoms with Crippen LogP contribution in [-0.2, 0) is 14.8 Å². The van der Waals surface area contributed by atoms with Crippen LogP contribution < -0.4 is 10.0 Å². The highest BCUT2D eigenvalue weighted by atomic mass is 32.2. The van der Waals surface area contributed by atoms with Gasteiger partial charge < -0.3 is 5.73 Å². The third kappa shape index (κ3) is 2.58. The first kappa shape index (κ1) is 13.9. The lowest BCUT2D eigenvalue weighted by molar-refractivity contribution is -0.119. The number of sulfonamides is 1. The van der Waals surface area contributed by atoms with Gasteiger partial charge in [-0.1, -0.05) is 12.1 Å². The molecule has 0 bridgehead atoms. The van der Waals surface area contributed by atoms with Crippen molar-refractivity contribution < 1.29 is 13.2 Å². The molecular weight excluding hydrogens is 264 g/mol. The number of aryl methyl sites for hydroxylation is 1. The molecule has 6 heteroatoms. The predicted octanol–water partition coefficient (Wildman–Crippen LogP) is 1.12. The van der Waals surface area contributed by atoms with E-state index in [1.165, 1.54) is 4.31 Å². The van der Waals surface area contributed by atoms with Gasteiger partial charge in [-0.05, 0) is 37.5 Å². The van der Waals surface area contributed by atoms with Gasteiger partial charge >= 0.3 is 0 Å². The molecule has 2 N–H and O–H groups in total. The molecule has 1 heterocycles. The zero-order valence-electron chi connectivity index (χ0n) is 11.1. The van der Waals surface area contributed by atoms with Gasteiger partial charge in [-0.2, -0.15) is 0 Å². The van der Waals surface area contributed by atoms with Crippen molar-refractivity contribution in [1.82, 2.24) is 0 Å². The van der Waals surface area contributed by atoms with Crippen LogP contribution >= 0.6 is 0 Å². The fourth-order valence-corrected chi connectivity index (χ4v) is 3.93. The summed E-state index contributed by atoms with van der Waals surface area (Å²) in [5.41, 5.74) is 7.62. The molecule has 5 nitrogen and oxygen atoms in total. The maximum Gasteiger partial charge on any atom is 0.235 e. The van der Waals surface area contributed by atoms with E-state index in [-0.39, 0.29) is 17.6 Å². The van der Waals surface area contributed by atoms with E-state index in [1.54, 1.807) is 19.1 Å². The molecule has 19 heavy (non-hydrogen) atoms. The van der Waals surface area contributed by atoms with Gasteiger partial charge in [0.2, 0.25) is 15.9 Å². The Morgan fingerprint density at radius 3 is 2.58 bits per heavy atom. The van der Waals surface area contributed by atoms with Crippen molar-refractivity contribution in [3.05, 3.63) is 29.3 Å². The second kappa shape index (κ2) is 4.85. The number of nitrogens with two attached hydrogens (primary N) is 1. The first-order chi connectivity index (χ1) is 8.83. The Kier molecular flexibility index (Phi) is 3.54. The first-order valence-corrected chi connectivity index (χ1v) is 7.84. The molecule has 2 rings (SSSR count). The van der Waals surface area contributed by atoms with E-state index >= 15 is 0 Å². The fraction of sp³-hybridized carbons (Fsp3) is 0.462. The average Bonchev–Trinajstić information content (AvgIpc) is 2.67. The zero-order valence-corrected chi connectivity index (χ0v) is 11.9. The molecule has 1 aliphatic heterocycles. The molecule has 1 unspecified atom stereocenters. The minimum atomic E-state index is -3.17. The van der Waals surface area contributed by atoms with Crippen molar-refractivity contribution in [2.24, 2.45) is 5.73 Å². The number of carbonyl (C=O) groups is 1. The van der Waals surface area contributed by atoms with Crippen LogP contribution in [0, 0.1) is 6.92 Å². The molecule has 1 fully saturated rings. The Morgan fingerprint density at radius 1 is 1.42 bits per heavy atom. The van der Waals surface area contributed by atoms with E-state index in [9.17, 15) is 13.2 Å². The van der Waals surface area contributed by atoms with Gasteiger partial charge in [-0.15, -0.1) is 0 Å². The Labute approximate surface area is 113 Å². The van der Waals surface area contributed by atoms with Crippen LogP contribution in [0.25, 0.3) is 0 Å². The fourth-order valence-electron chi connectivity index (χ4n) is 2.30. The topological polar surface area (TPSA) is 80.5 Å². The van der Waals surface area contributed by atoms with Crippen molar-refractivity contribution in [3.8, 4) is 0 Å². The van der Waals surface area contributed by atoms with Crippen LogP contribution in [0.3, 0.4) is 0 Å². The van der Waals surface area contributed by atoms with Gasteiger partial charge in [-0.25, -0.2) is 8.42 Å². The number of rotatable bonds is 3. The van der Waals surface area contributed by atoms with Crippen molar-refractivity contribution in [1.29, 1.82) is 0 Å². The van der Waals surface area contributed by atoms with E-state index in [4.69, 9.17) is 5.73 Å². The summed E-state index contributed by atoms with van der Waals surface area (Å²) in [5.74, 6) is -0.560. The molecule has 0 aromatic heterocycles. The van der Waals surface area contributed by atoms with Gasteiger partial charge in [0.05, 0.1) is 17.4 Å². The van der Waals surface area contributed by atoms with Gasteiger partial charge in [0.25, 0.3) is 0 Å². The van der Waals surface area contributed by atoms with Crippen LogP contribution in [0.2, 0.25) is 0 Å². The molecule has 1 aliphatic rings. The van der Waals surface area contributed by atoms with Crippen LogP contribution in [0.1, 0.15) is 30.4 Å². The largest absolute Gasteiger partial charge is 0.369 e. The summed E-state index contributed by atoms with van der Waals surface area (Å²) in [7, 11) is -3.17. The number of carbonyl (C=O) groups excluding carboxylic acids is 1. The van der Waals surface area contributed by atoms with Crippen molar-refractivity contribution in [3.63, 3.8) is 0 Å². The maximum absolute atomic E-state index is 11.9. The number of hydrogen-bond acceptors (Lipinski definition) is 3. The molecule has 1 saturated heterocycles. The summed E-state index contributed by atoms with van der Waals surface area (Å²) < 4.78 is 25.2. The highest BCUT2D eigenvalue weighted by Gasteiger charge is 2.29. The first-order valence-electron chi connectivity index (χ1n) is 6.23. The second-order valence-electron chi connectivity index (χ2n) is 4.91.